The number of pyridine rings is 1. The highest BCUT2D eigenvalue weighted by Gasteiger charge is 2.25. The summed E-state index contributed by atoms with van der Waals surface area (Å²) in [6, 6.07) is 13.4. The lowest BCUT2D eigenvalue weighted by atomic mass is 9.96. The van der Waals surface area contributed by atoms with Crippen LogP contribution in [0.25, 0.3) is 11.0 Å². The second-order valence-corrected chi connectivity index (χ2v) is 5.23. The van der Waals surface area contributed by atoms with Crippen molar-refractivity contribution in [2.24, 2.45) is 5.73 Å². The summed E-state index contributed by atoms with van der Waals surface area (Å²) in [7, 11) is 0. The van der Waals surface area contributed by atoms with E-state index in [1.54, 1.807) is 6.20 Å². The minimum absolute atomic E-state index is 0.284. The van der Waals surface area contributed by atoms with Gasteiger partial charge in [0.1, 0.15) is 17.4 Å². The molecular weight excluding hydrogens is 264 g/mol. The van der Waals surface area contributed by atoms with Crippen LogP contribution in [0, 0.1) is 6.92 Å². The predicted molar refractivity (Wildman–Crippen MR) is 81.9 cm³/mol. The molecule has 3 rings (SSSR count). The Kier molecular flexibility index (Phi) is 3.73. The SMILES string of the molecule is Cc1ccc2oc(C(O)C(CN)c3ccccn3)cc2c1. The number of furan rings is 1. The van der Waals surface area contributed by atoms with Crippen molar-refractivity contribution >= 4 is 11.0 Å². The third-order valence-electron chi connectivity index (χ3n) is 3.69. The first-order valence-corrected chi connectivity index (χ1v) is 6.98. The Morgan fingerprint density at radius 3 is 2.81 bits per heavy atom. The summed E-state index contributed by atoms with van der Waals surface area (Å²) >= 11 is 0. The Bertz CT molecular complexity index is 737. The smallest absolute Gasteiger partial charge is 0.134 e. The number of rotatable bonds is 4. The molecule has 2 heterocycles. The Balaban J connectivity index is 1.96. The van der Waals surface area contributed by atoms with Gasteiger partial charge in [0.25, 0.3) is 0 Å². The number of aliphatic hydroxyl groups excluding tert-OH is 1. The molecule has 0 bridgehead atoms. The lowest BCUT2D eigenvalue weighted by molar-refractivity contribution is 0.122. The van der Waals surface area contributed by atoms with Crippen LogP contribution >= 0.6 is 0 Å². The first kappa shape index (κ1) is 13.8. The standard InChI is InChI=1S/C17H18N2O2/c1-11-5-6-15-12(8-11)9-16(21-15)17(20)13(10-18)14-4-2-3-7-19-14/h2-9,13,17,20H,10,18H2,1H3. The number of fused-ring (bicyclic) bond motifs is 1. The van der Waals surface area contributed by atoms with Gasteiger partial charge in [-0.3, -0.25) is 4.98 Å². The van der Waals surface area contributed by atoms with E-state index >= 15 is 0 Å². The van der Waals surface area contributed by atoms with Crippen LogP contribution in [0.1, 0.15) is 29.0 Å². The highest BCUT2D eigenvalue weighted by atomic mass is 16.4. The zero-order chi connectivity index (χ0) is 14.8. The number of aromatic nitrogens is 1. The van der Waals surface area contributed by atoms with Crippen molar-refractivity contribution in [1.82, 2.24) is 4.98 Å². The second kappa shape index (κ2) is 5.68. The molecular formula is C17H18N2O2. The Morgan fingerprint density at radius 2 is 2.10 bits per heavy atom. The fourth-order valence-corrected chi connectivity index (χ4v) is 2.53. The van der Waals surface area contributed by atoms with Gasteiger partial charge < -0.3 is 15.3 Å². The Hall–Kier alpha value is -2.17. The molecule has 2 atom stereocenters. The zero-order valence-corrected chi connectivity index (χ0v) is 11.9. The minimum Gasteiger partial charge on any atom is -0.458 e. The summed E-state index contributed by atoms with van der Waals surface area (Å²) in [5.41, 5.74) is 8.51. The van der Waals surface area contributed by atoms with E-state index in [-0.39, 0.29) is 5.92 Å². The third kappa shape index (κ3) is 2.68. The summed E-state index contributed by atoms with van der Waals surface area (Å²) in [6.07, 6.45) is 0.893. The van der Waals surface area contributed by atoms with Crippen LogP contribution in [0.5, 0.6) is 0 Å². The molecule has 0 aliphatic rings. The van der Waals surface area contributed by atoms with E-state index in [0.717, 1.165) is 22.2 Å². The van der Waals surface area contributed by atoms with Gasteiger partial charge in [-0.15, -0.1) is 0 Å². The van der Waals surface area contributed by atoms with Crippen LogP contribution in [0.2, 0.25) is 0 Å². The Morgan fingerprint density at radius 1 is 1.24 bits per heavy atom. The van der Waals surface area contributed by atoms with Crippen molar-refractivity contribution in [2.45, 2.75) is 18.9 Å². The second-order valence-electron chi connectivity index (χ2n) is 5.23. The first-order valence-electron chi connectivity index (χ1n) is 6.98. The predicted octanol–water partition coefficient (Wildman–Crippen LogP) is 2.91. The molecule has 21 heavy (non-hydrogen) atoms. The molecule has 108 valence electrons. The molecule has 0 aliphatic heterocycles. The fraction of sp³-hybridized carbons (Fsp3) is 0.235. The topological polar surface area (TPSA) is 72.3 Å². The van der Waals surface area contributed by atoms with Gasteiger partial charge in [0.2, 0.25) is 0 Å². The van der Waals surface area contributed by atoms with Gasteiger partial charge in [-0.25, -0.2) is 0 Å². The van der Waals surface area contributed by atoms with Crippen molar-refractivity contribution in [2.75, 3.05) is 6.54 Å². The number of nitrogens with zero attached hydrogens (tertiary/aromatic N) is 1. The van der Waals surface area contributed by atoms with Crippen LogP contribution in [0.15, 0.2) is 53.1 Å². The molecule has 0 spiro atoms. The highest BCUT2D eigenvalue weighted by Crippen LogP contribution is 2.32. The fourth-order valence-electron chi connectivity index (χ4n) is 2.53. The zero-order valence-electron chi connectivity index (χ0n) is 11.9. The maximum Gasteiger partial charge on any atom is 0.134 e. The molecule has 0 fully saturated rings. The largest absolute Gasteiger partial charge is 0.458 e. The van der Waals surface area contributed by atoms with E-state index in [4.69, 9.17) is 10.2 Å². The summed E-state index contributed by atoms with van der Waals surface area (Å²) in [5.74, 6) is 0.240. The Labute approximate surface area is 123 Å². The maximum absolute atomic E-state index is 10.6. The number of aryl methyl sites for hydroxylation is 1. The van der Waals surface area contributed by atoms with Crippen LogP contribution in [-0.4, -0.2) is 16.6 Å². The van der Waals surface area contributed by atoms with Gasteiger partial charge in [0, 0.05) is 29.7 Å². The first-order chi connectivity index (χ1) is 10.2. The van der Waals surface area contributed by atoms with Crippen molar-refractivity contribution in [3.63, 3.8) is 0 Å². The lowest BCUT2D eigenvalue weighted by Crippen LogP contribution is -2.20. The molecule has 0 amide bonds. The number of benzene rings is 1. The molecule has 4 heteroatoms. The summed E-state index contributed by atoms with van der Waals surface area (Å²) in [5, 5.41) is 11.6. The molecule has 0 saturated carbocycles. The molecule has 0 saturated heterocycles. The molecule has 4 nitrogen and oxygen atoms in total. The van der Waals surface area contributed by atoms with Crippen molar-refractivity contribution in [1.29, 1.82) is 0 Å². The number of nitrogens with two attached hydrogens (primary N) is 1. The summed E-state index contributed by atoms with van der Waals surface area (Å²) in [4.78, 5) is 4.28. The molecule has 2 aromatic heterocycles. The van der Waals surface area contributed by atoms with E-state index in [0.29, 0.717) is 12.3 Å². The number of aliphatic hydroxyl groups is 1. The molecule has 2 unspecified atom stereocenters. The van der Waals surface area contributed by atoms with Crippen molar-refractivity contribution in [3.8, 4) is 0 Å². The summed E-state index contributed by atoms with van der Waals surface area (Å²) < 4.78 is 5.76. The van der Waals surface area contributed by atoms with Crippen molar-refractivity contribution < 1.29 is 9.52 Å². The van der Waals surface area contributed by atoms with E-state index in [1.165, 1.54) is 0 Å². The van der Waals surface area contributed by atoms with Gasteiger partial charge in [-0.05, 0) is 37.3 Å². The van der Waals surface area contributed by atoms with E-state index in [2.05, 4.69) is 4.98 Å². The van der Waals surface area contributed by atoms with E-state index in [1.807, 2.05) is 49.4 Å². The molecule has 1 aromatic carbocycles. The monoisotopic (exact) mass is 282 g/mol. The van der Waals surface area contributed by atoms with Gasteiger partial charge in [-0.2, -0.15) is 0 Å². The van der Waals surface area contributed by atoms with Crippen LogP contribution < -0.4 is 5.73 Å². The molecule has 0 radical (unpaired) electrons. The third-order valence-corrected chi connectivity index (χ3v) is 3.69. The van der Waals surface area contributed by atoms with Gasteiger partial charge >= 0.3 is 0 Å². The van der Waals surface area contributed by atoms with Crippen LogP contribution in [-0.2, 0) is 0 Å². The molecule has 3 N–H and O–H groups in total. The minimum atomic E-state index is -0.808. The number of hydrogen-bond donors (Lipinski definition) is 2. The average Bonchev–Trinajstić information content (AvgIpc) is 2.92. The highest BCUT2D eigenvalue weighted by molar-refractivity contribution is 5.78. The van der Waals surface area contributed by atoms with Gasteiger partial charge in [-0.1, -0.05) is 17.7 Å². The van der Waals surface area contributed by atoms with E-state index in [9.17, 15) is 5.11 Å². The maximum atomic E-state index is 10.6. The summed E-state index contributed by atoms with van der Waals surface area (Å²) in [6.45, 7) is 2.33. The van der Waals surface area contributed by atoms with Gasteiger partial charge in [0.15, 0.2) is 0 Å². The van der Waals surface area contributed by atoms with Gasteiger partial charge in [0.05, 0.1) is 0 Å². The molecule has 3 aromatic rings. The number of hydrogen-bond acceptors (Lipinski definition) is 4. The molecule has 0 aliphatic carbocycles. The quantitative estimate of drug-likeness (QED) is 0.771. The van der Waals surface area contributed by atoms with Crippen molar-refractivity contribution in [3.05, 3.63) is 65.7 Å². The van der Waals surface area contributed by atoms with Crippen LogP contribution in [0.3, 0.4) is 0 Å². The normalized spacial score (nSPS) is 14.2. The van der Waals surface area contributed by atoms with Crippen LogP contribution in [0.4, 0.5) is 0 Å². The average molecular weight is 282 g/mol. The lowest BCUT2D eigenvalue weighted by Gasteiger charge is -2.18. The van der Waals surface area contributed by atoms with E-state index < -0.39 is 6.10 Å².